The molecule has 7 nitrogen and oxygen atoms in total. The molecule has 0 atom stereocenters. The number of nitrogens with zero attached hydrogens (tertiary/aromatic N) is 3. The summed E-state index contributed by atoms with van der Waals surface area (Å²) in [4.78, 5) is 23.0. The standard InChI is InChI=1S/C18H32N6OS.HI/c1-5-20-18(21-10-15-12-26-17(22-15)13(2)3)23-14-6-8-24(9-7-14)11-16(25)19-4;/h12-14H,5-11H2,1-4H3,(H,19,25)(H2,20,21,23);1H. The van der Waals surface area contributed by atoms with Gasteiger partial charge < -0.3 is 16.0 Å². The minimum atomic E-state index is 0. The van der Waals surface area contributed by atoms with Crippen molar-refractivity contribution in [1.82, 2.24) is 25.8 Å². The monoisotopic (exact) mass is 508 g/mol. The highest BCUT2D eigenvalue weighted by Gasteiger charge is 2.21. The Hall–Kier alpha value is -0.940. The van der Waals surface area contributed by atoms with Crippen LogP contribution < -0.4 is 16.0 Å². The number of likely N-dealkylation sites (N-methyl/N-ethyl adjacent to an activating group) is 1. The minimum absolute atomic E-state index is 0. The van der Waals surface area contributed by atoms with E-state index in [1.165, 1.54) is 0 Å². The molecule has 1 amide bonds. The maximum absolute atomic E-state index is 11.5. The van der Waals surface area contributed by atoms with Crippen molar-refractivity contribution in [3.8, 4) is 0 Å². The van der Waals surface area contributed by atoms with E-state index >= 15 is 0 Å². The van der Waals surface area contributed by atoms with Crippen molar-refractivity contribution in [2.45, 2.75) is 52.1 Å². The van der Waals surface area contributed by atoms with Crippen LogP contribution in [0.15, 0.2) is 10.4 Å². The van der Waals surface area contributed by atoms with Crippen molar-refractivity contribution in [2.75, 3.05) is 33.2 Å². The third kappa shape index (κ3) is 8.30. The quantitative estimate of drug-likeness (QED) is 0.299. The number of carbonyl (C=O) groups excluding carboxylic acids is 1. The number of amides is 1. The van der Waals surface area contributed by atoms with Gasteiger partial charge in [0, 0.05) is 44.0 Å². The first kappa shape index (κ1) is 24.1. The Kier molecular flexibility index (Phi) is 11.2. The lowest BCUT2D eigenvalue weighted by atomic mass is 10.1. The number of hydrogen-bond acceptors (Lipinski definition) is 5. The molecular weight excluding hydrogens is 475 g/mol. The third-order valence-electron chi connectivity index (χ3n) is 4.38. The average molecular weight is 508 g/mol. The maximum atomic E-state index is 11.5. The number of likely N-dealkylation sites (tertiary alicyclic amines) is 1. The van der Waals surface area contributed by atoms with E-state index in [4.69, 9.17) is 4.99 Å². The molecule has 1 saturated heterocycles. The first-order chi connectivity index (χ1) is 12.5. The van der Waals surface area contributed by atoms with E-state index in [2.05, 4.69) is 52.0 Å². The highest BCUT2D eigenvalue weighted by molar-refractivity contribution is 14.0. The molecule has 2 rings (SSSR count). The predicted octanol–water partition coefficient (Wildman–Crippen LogP) is 2.15. The lowest BCUT2D eigenvalue weighted by Crippen LogP contribution is -2.50. The Bertz CT molecular complexity index is 598. The molecule has 1 aromatic heterocycles. The Balaban J connectivity index is 0.00000364. The van der Waals surface area contributed by atoms with Gasteiger partial charge in [-0.2, -0.15) is 0 Å². The molecule has 154 valence electrons. The molecule has 0 aliphatic carbocycles. The molecule has 9 heteroatoms. The number of nitrogens with one attached hydrogen (secondary N) is 3. The van der Waals surface area contributed by atoms with Crippen molar-refractivity contribution in [1.29, 1.82) is 0 Å². The minimum Gasteiger partial charge on any atom is -0.358 e. The fourth-order valence-corrected chi connectivity index (χ4v) is 3.68. The van der Waals surface area contributed by atoms with Crippen LogP contribution in [-0.4, -0.2) is 61.0 Å². The first-order valence-electron chi connectivity index (χ1n) is 9.43. The average Bonchev–Trinajstić information content (AvgIpc) is 3.11. The van der Waals surface area contributed by atoms with Gasteiger partial charge in [-0.1, -0.05) is 13.8 Å². The fraction of sp³-hybridized carbons (Fsp3) is 0.722. The van der Waals surface area contributed by atoms with Crippen LogP contribution in [0.3, 0.4) is 0 Å². The topological polar surface area (TPSA) is 81.7 Å². The molecule has 27 heavy (non-hydrogen) atoms. The van der Waals surface area contributed by atoms with Crippen molar-refractivity contribution in [3.05, 3.63) is 16.1 Å². The predicted molar refractivity (Wildman–Crippen MR) is 123 cm³/mol. The second-order valence-electron chi connectivity index (χ2n) is 6.89. The summed E-state index contributed by atoms with van der Waals surface area (Å²) in [7, 11) is 1.68. The third-order valence-corrected chi connectivity index (χ3v) is 5.58. The summed E-state index contributed by atoms with van der Waals surface area (Å²) in [6, 6.07) is 0.385. The van der Waals surface area contributed by atoms with Gasteiger partial charge in [0.2, 0.25) is 5.91 Å². The molecule has 0 spiro atoms. The van der Waals surface area contributed by atoms with Gasteiger partial charge >= 0.3 is 0 Å². The number of carbonyl (C=O) groups is 1. The lowest BCUT2D eigenvalue weighted by molar-refractivity contribution is -0.122. The zero-order chi connectivity index (χ0) is 18.9. The van der Waals surface area contributed by atoms with E-state index in [1.807, 2.05) is 0 Å². The van der Waals surface area contributed by atoms with Gasteiger partial charge in [0.25, 0.3) is 0 Å². The highest BCUT2D eigenvalue weighted by Crippen LogP contribution is 2.19. The summed E-state index contributed by atoms with van der Waals surface area (Å²) in [6.45, 7) is 10.1. The summed E-state index contributed by atoms with van der Waals surface area (Å²) >= 11 is 1.71. The molecule has 1 fully saturated rings. The maximum Gasteiger partial charge on any atom is 0.233 e. The van der Waals surface area contributed by atoms with Gasteiger partial charge in [-0.25, -0.2) is 9.98 Å². The normalized spacial score (nSPS) is 16.1. The van der Waals surface area contributed by atoms with Gasteiger partial charge in [0.05, 0.1) is 23.8 Å². The van der Waals surface area contributed by atoms with Gasteiger partial charge in [-0.3, -0.25) is 9.69 Å². The smallest absolute Gasteiger partial charge is 0.233 e. The number of halogens is 1. The molecule has 3 N–H and O–H groups in total. The van der Waals surface area contributed by atoms with Crippen molar-refractivity contribution in [2.24, 2.45) is 4.99 Å². The van der Waals surface area contributed by atoms with Gasteiger partial charge in [-0.15, -0.1) is 35.3 Å². The van der Waals surface area contributed by atoms with Crippen molar-refractivity contribution in [3.63, 3.8) is 0 Å². The molecule has 0 aromatic carbocycles. The number of aliphatic imine (C=N–C) groups is 1. The van der Waals surface area contributed by atoms with Gasteiger partial charge in [0.1, 0.15) is 0 Å². The van der Waals surface area contributed by atoms with Crippen LogP contribution in [-0.2, 0) is 11.3 Å². The second-order valence-corrected chi connectivity index (χ2v) is 7.78. The zero-order valence-electron chi connectivity index (χ0n) is 16.7. The zero-order valence-corrected chi connectivity index (χ0v) is 19.9. The van der Waals surface area contributed by atoms with Crippen LogP contribution in [0.4, 0.5) is 0 Å². The van der Waals surface area contributed by atoms with Crippen LogP contribution in [0.1, 0.15) is 50.2 Å². The molecule has 1 aliphatic heterocycles. The Morgan fingerprint density at radius 3 is 2.67 bits per heavy atom. The van der Waals surface area contributed by atoms with E-state index < -0.39 is 0 Å². The van der Waals surface area contributed by atoms with E-state index in [0.29, 0.717) is 25.0 Å². The first-order valence-corrected chi connectivity index (χ1v) is 10.3. The van der Waals surface area contributed by atoms with Crippen molar-refractivity contribution >= 4 is 47.2 Å². The van der Waals surface area contributed by atoms with Crippen molar-refractivity contribution < 1.29 is 4.79 Å². The summed E-state index contributed by atoms with van der Waals surface area (Å²) < 4.78 is 0. The molecule has 1 aliphatic rings. The number of aromatic nitrogens is 1. The van der Waals surface area contributed by atoms with Gasteiger partial charge in [-0.05, 0) is 19.8 Å². The summed E-state index contributed by atoms with van der Waals surface area (Å²) in [6.07, 6.45) is 2.02. The molecule has 0 radical (unpaired) electrons. The molecule has 2 heterocycles. The van der Waals surface area contributed by atoms with E-state index in [0.717, 1.165) is 49.1 Å². The number of thiazole rings is 1. The molecule has 0 saturated carbocycles. The SMILES string of the molecule is CCNC(=NCc1csc(C(C)C)n1)NC1CCN(CC(=O)NC)CC1.I. The lowest BCUT2D eigenvalue weighted by Gasteiger charge is -2.32. The number of guanidine groups is 1. The largest absolute Gasteiger partial charge is 0.358 e. The van der Waals surface area contributed by atoms with Crippen LogP contribution in [0.25, 0.3) is 0 Å². The highest BCUT2D eigenvalue weighted by atomic mass is 127. The van der Waals surface area contributed by atoms with Gasteiger partial charge in [0.15, 0.2) is 5.96 Å². The number of rotatable bonds is 7. The molecule has 0 unspecified atom stereocenters. The Morgan fingerprint density at radius 2 is 2.11 bits per heavy atom. The summed E-state index contributed by atoms with van der Waals surface area (Å²) in [5.41, 5.74) is 1.02. The Morgan fingerprint density at radius 1 is 1.41 bits per heavy atom. The molecule has 0 bridgehead atoms. The van der Waals surface area contributed by atoms with E-state index in [9.17, 15) is 4.79 Å². The fourth-order valence-electron chi connectivity index (χ4n) is 2.85. The molecule has 1 aromatic rings. The van der Waals surface area contributed by atoms with Crippen LogP contribution in [0, 0.1) is 0 Å². The Labute approximate surface area is 183 Å². The molecular formula is C18H33IN6OS. The second kappa shape index (κ2) is 12.5. The van der Waals surface area contributed by atoms with E-state index in [1.54, 1.807) is 18.4 Å². The van der Waals surface area contributed by atoms with E-state index in [-0.39, 0.29) is 29.9 Å². The summed E-state index contributed by atoms with van der Waals surface area (Å²) in [5, 5.41) is 12.8. The van der Waals surface area contributed by atoms with Crippen LogP contribution >= 0.6 is 35.3 Å². The number of hydrogen-bond donors (Lipinski definition) is 3. The number of piperidine rings is 1. The summed E-state index contributed by atoms with van der Waals surface area (Å²) in [5.74, 6) is 1.38. The van der Waals surface area contributed by atoms with Crippen LogP contribution in [0.2, 0.25) is 0 Å². The van der Waals surface area contributed by atoms with Crippen LogP contribution in [0.5, 0.6) is 0 Å².